The minimum absolute atomic E-state index is 0.408. The van der Waals surface area contributed by atoms with Gasteiger partial charge in [-0.1, -0.05) is 30.3 Å². The summed E-state index contributed by atoms with van der Waals surface area (Å²) < 4.78 is 4.19. The molecule has 2 rings (SSSR count). The van der Waals surface area contributed by atoms with E-state index in [-0.39, 0.29) is 0 Å². The maximum absolute atomic E-state index is 5.83. The van der Waals surface area contributed by atoms with Crippen molar-refractivity contribution in [1.82, 2.24) is 4.37 Å². The number of hydrogen-bond acceptors (Lipinski definition) is 5. The fourth-order valence-electron chi connectivity index (χ4n) is 1.91. The zero-order valence-electron chi connectivity index (χ0n) is 11.2. The summed E-state index contributed by atoms with van der Waals surface area (Å²) in [4.78, 5) is 1.07. The molecule has 0 fully saturated rings. The molecule has 0 radical (unpaired) electrons. The highest BCUT2D eigenvalue weighted by Crippen LogP contribution is 2.35. The highest BCUT2D eigenvalue weighted by atomic mass is 32.2. The van der Waals surface area contributed by atoms with E-state index in [1.165, 1.54) is 17.1 Å². The van der Waals surface area contributed by atoms with E-state index in [1.54, 1.807) is 11.8 Å². The smallest absolute Gasteiger partial charge is 0.153 e. The number of nitrogens with zero attached hydrogens (tertiary/aromatic N) is 1. The molecule has 0 aliphatic carbocycles. The van der Waals surface area contributed by atoms with Crippen molar-refractivity contribution in [1.29, 1.82) is 0 Å². The molecule has 1 atom stereocenters. The summed E-state index contributed by atoms with van der Waals surface area (Å²) in [5.74, 6) is 0.634. The quantitative estimate of drug-likeness (QED) is 0.794. The summed E-state index contributed by atoms with van der Waals surface area (Å²) in [5.41, 5.74) is 7.21. The monoisotopic (exact) mass is 293 g/mol. The zero-order chi connectivity index (χ0) is 13.7. The Morgan fingerprint density at radius 2 is 2.11 bits per heavy atom. The molecular weight excluding hydrogens is 274 g/mol. The van der Waals surface area contributed by atoms with Gasteiger partial charge in [0.2, 0.25) is 0 Å². The molecule has 19 heavy (non-hydrogen) atoms. The van der Waals surface area contributed by atoms with E-state index in [1.807, 2.05) is 6.26 Å². The first-order valence-electron chi connectivity index (χ1n) is 6.30. The number of rotatable bonds is 6. The SMILES string of the molecule is CSc1c(N)nsc1NC(C)CCc1ccccc1. The van der Waals surface area contributed by atoms with Crippen LogP contribution in [0.5, 0.6) is 0 Å². The summed E-state index contributed by atoms with van der Waals surface area (Å²) in [6.07, 6.45) is 4.20. The third-order valence-corrected chi connectivity index (χ3v) is 4.71. The second-order valence-corrected chi connectivity index (χ2v) is 6.09. The average molecular weight is 293 g/mol. The van der Waals surface area contributed by atoms with Gasteiger partial charge in [0.15, 0.2) is 5.82 Å². The Hall–Kier alpha value is -1.20. The minimum atomic E-state index is 0.408. The molecular formula is C14H19N3S2. The van der Waals surface area contributed by atoms with Crippen LogP contribution in [0.15, 0.2) is 35.2 Å². The standard InChI is InChI=1S/C14H19N3S2/c1-10(8-9-11-6-4-3-5-7-11)16-14-12(18-2)13(15)17-19-14/h3-7,10,16H,8-9H2,1-2H3,(H2,15,17). The molecule has 0 saturated heterocycles. The average Bonchev–Trinajstić information content (AvgIpc) is 2.78. The van der Waals surface area contributed by atoms with Gasteiger partial charge in [0.25, 0.3) is 0 Å². The highest BCUT2D eigenvalue weighted by Gasteiger charge is 2.12. The molecule has 1 aromatic heterocycles. The number of aromatic nitrogens is 1. The van der Waals surface area contributed by atoms with Gasteiger partial charge in [-0.15, -0.1) is 11.8 Å². The molecule has 0 aliphatic rings. The van der Waals surface area contributed by atoms with Crippen molar-refractivity contribution in [3.05, 3.63) is 35.9 Å². The Labute approximate surface area is 122 Å². The maximum Gasteiger partial charge on any atom is 0.153 e. The summed E-state index contributed by atoms with van der Waals surface area (Å²) in [6, 6.07) is 11.0. The fraction of sp³-hybridized carbons (Fsp3) is 0.357. The molecule has 3 nitrogen and oxygen atoms in total. The molecule has 0 aliphatic heterocycles. The summed E-state index contributed by atoms with van der Waals surface area (Å²) in [7, 11) is 0. The molecule has 1 heterocycles. The lowest BCUT2D eigenvalue weighted by Gasteiger charge is -2.14. The Balaban J connectivity index is 1.89. The molecule has 3 N–H and O–H groups in total. The first-order valence-corrected chi connectivity index (χ1v) is 8.30. The molecule has 0 saturated carbocycles. The van der Waals surface area contributed by atoms with E-state index in [2.05, 4.69) is 46.9 Å². The number of nitrogens with two attached hydrogens (primary N) is 1. The van der Waals surface area contributed by atoms with Gasteiger partial charge >= 0.3 is 0 Å². The number of hydrogen-bond donors (Lipinski definition) is 2. The van der Waals surface area contributed by atoms with Crippen molar-refractivity contribution in [3.63, 3.8) is 0 Å². The van der Waals surface area contributed by atoms with Crippen LogP contribution in [0, 0.1) is 0 Å². The Kier molecular flexibility index (Phi) is 5.10. The Morgan fingerprint density at radius 1 is 1.37 bits per heavy atom. The van der Waals surface area contributed by atoms with Crippen LogP contribution in [0.2, 0.25) is 0 Å². The largest absolute Gasteiger partial charge is 0.382 e. The van der Waals surface area contributed by atoms with Crippen LogP contribution in [-0.2, 0) is 6.42 Å². The van der Waals surface area contributed by atoms with E-state index in [0.29, 0.717) is 11.9 Å². The number of anilines is 2. The van der Waals surface area contributed by atoms with Crippen LogP contribution >= 0.6 is 23.3 Å². The van der Waals surface area contributed by atoms with Gasteiger partial charge in [-0.05, 0) is 43.1 Å². The topological polar surface area (TPSA) is 50.9 Å². The van der Waals surface area contributed by atoms with Crippen molar-refractivity contribution in [2.75, 3.05) is 17.3 Å². The zero-order valence-corrected chi connectivity index (χ0v) is 12.9. The van der Waals surface area contributed by atoms with Gasteiger partial charge in [-0.3, -0.25) is 0 Å². The van der Waals surface area contributed by atoms with Gasteiger partial charge in [-0.25, -0.2) is 0 Å². The van der Waals surface area contributed by atoms with Crippen LogP contribution in [0.3, 0.4) is 0 Å². The number of thioether (sulfide) groups is 1. The lowest BCUT2D eigenvalue weighted by molar-refractivity contribution is 0.706. The van der Waals surface area contributed by atoms with Crippen molar-refractivity contribution in [2.45, 2.75) is 30.7 Å². The predicted octanol–water partition coefficient (Wildman–Crippen LogP) is 3.88. The molecule has 1 aromatic carbocycles. The van der Waals surface area contributed by atoms with Crippen molar-refractivity contribution in [3.8, 4) is 0 Å². The van der Waals surface area contributed by atoms with Gasteiger partial charge < -0.3 is 11.1 Å². The molecule has 102 valence electrons. The number of nitrogen functional groups attached to an aromatic ring is 1. The molecule has 0 spiro atoms. The summed E-state index contributed by atoms with van der Waals surface area (Å²) in [6.45, 7) is 2.20. The first-order chi connectivity index (χ1) is 9.20. The fourth-order valence-corrected chi connectivity index (χ4v) is 3.55. The van der Waals surface area contributed by atoms with Crippen molar-refractivity contribution < 1.29 is 0 Å². The molecule has 1 unspecified atom stereocenters. The number of aryl methyl sites for hydroxylation is 1. The van der Waals surface area contributed by atoms with Crippen LogP contribution in [0.1, 0.15) is 18.9 Å². The minimum Gasteiger partial charge on any atom is -0.382 e. The van der Waals surface area contributed by atoms with Gasteiger partial charge in [0.05, 0.1) is 4.90 Å². The van der Waals surface area contributed by atoms with Crippen LogP contribution < -0.4 is 11.1 Å². The third-order valence-electron chi connectivity index (χ3n) is 2.96. The molecule has 5 heteroatoms. The third kappa shape index (κ3) is 3.88. The number of nitrogens with one attached hydrogen (secondary N) is 1. The van der Waals surface area contributed by atoms with Crippen LogP contribution in [0.25, 0.3) is 0 Å². The van der Waals surface area contributed by atoms with E-state index in [0.717, 1.165) is 22.7 Å². The molecule has 0 bridgehead atoms. The number of benzene rings is 1. The first kappa shape index (κ1) is 14.2. The second-order valence-electron chi connectivity index (χ2n) is 4.50. The summed E-state index contributed by atoms with van der Waals surface area (Å²) >= 11 is 3.09. The van der Waals surface area contributed by atoms with Crippen molar-refractivity contribution >= 4 is 34.1 Å². The van der Waals surface area contributed by atoms with Crippen LogP contribution in [-0.4, -0.2) is 16.7 Å². The lowest BCUT2D eigenvalue weighted by Crippen LogP contribution is -2.15. The Bertz CT molecular complexity index is 511. The van der Waals surface area contributed by atoms with E-state index < -0.39 is 0 Å². The molecule has 2 aromatic rings. The van der Waals surface area contributed by atoms with E-state index in [4.69, 9.17) is 5.73 Å². The van der Waals surface area contributed by atoms with Gasteiger partial charge in [-0.2, -0.15) is 4.37 Å². The molecule has 0 amide bonds. The van der Waals surface area contributed by atoms with E-state index >= 15 is 0 Å². The lowest BCUT2D eigenvalue weighted by atomic mass is 10.1. The van der Waals surface area contributed by atoms with Gasteiger partial charge in [0, 0.05) is 6.04 Å². The highest BCUT2D eigenvalue weighted by molar-refractivity contribution is 7.99. The predicted molar refractivity (Wildman–Crippen MR) is 86.2 cm³/mol. The summed E-state index contributed by atoms with van der Waals surface area (Å²) in [5, 5.41) is 4.60. The normalized spacial score (nSPS) is 12.3. The second kappa shape index (κ2) is 6.82. The van der Waals surface area contributed by atoms with Crippen molar-refractivity contribution in [2.24, 2.45) is 0 Å². The van der Waals surface area contributed by atoms with Crippen LogP contribution in [0.4, 0.5) is 10.8 Å². The van der Waals surface area contributed by atoms with E-state index in [9.17, 15) is 0 Å². The van der Waals surface area contributed by atoms with Gasteiger partial charge in [0.1, 0.15) is 5.00 Å². The Morgan fingerprint density at radius 3 is 2.79 bits per heavy atom. The maximum atomic E-state index is 5.83.